The predicted molar refractivity (Wildman–Crippen MR) is 197 cm³/mol. The number of nitrogens with two attached hydrogens (primary N) is 1. The van der Waals surface area contributed by atoms with Crippen molar-refractivity contribution in [1.82, 2.24) is 25.0 Å². The van der Waals surface area contributed by atoms with E-state index >= 15 is 0 Å². The van der Waals surface area contributed by atoms with Crippen molar-refractivity contribution in [1.29, 1.82) is 0 Å². The van der Waals surface area contributed by atoms with E-state index in [1.807, 2.05) is 13.2 Å². The van der Waals surface area contributed by atoms with E-state index in [1.165, 1.54) is 22.4 Å². The van der Waals surface area contributed by atoms with Gasteiger partial charge >= 0.3 is 0 Å². The molecule has 3 fully saturated rings. The number of amides is 1. The summed E-state index contributed by atoms with van der Waals surface area (Å²) in [7, 11) is 1.85. The Kier molecular flexibility index (Phi) is 9.54. The van der Waals surface area contributed by atoms with Gasteiger partial charge in [0.15, 0.2) is 0 Å². The summed E-state index contributed by atoms with van der Waals surface area (Å²) in [5, 5.41) is 16.8. The van der Waals surface area contributed by atoms with Crippen molar-refractivity contribution >= 4 is 17.4 Å². The van der Waals surface area contributed by atoms with Gasteiger partial charge in [-0.25, -0.2) is 4.98 Å². The number of aryl methyl sites for hydroxylation is 1. The average Bonchev–Trinajstić information content (AvgIpc) is 3.97. The molecule has 51 heavy (non-hydrogen) atoms. The number of nitrogens with zero attached hydrogens (tertiary/aromatic N) is 5. The van der Waals surface area contributed by atoms with Crippen LogP contribution in [0.4, 0.5) is 11.5 Å². The molecule has 4 N–H and O–H groups in total. The molecule has 1 spiro atoms. The smallest absolute Gasteiger partial charge is 0.255 e. The highest BCUT2D eigenvalue weighted by Gasteiger charge is 2.47. The second kappa shape index (κ2) is 14.4. The summed E-state index contributed by atoms with van der Waals surface area (Å²) >= 11 is 0. The third kappa shape index (κ3) is 6.87. The zero-order chi connectivity index (χ0) is 35.0. The Labute approximate surface area is 299 Å². The van der Waals surface area contributed by atoms with Crippen LogP contribution < -0.4 is 16.0 Å². The second-order valence-corrected chi connectivity index (χ2v) is 14.9. The number of hydrogen-bond donors (Lipinski definition) is 3. The fourth-order valence-electron chi connectivity index (χ4n) is 8.67. The minimum absolute atomic E-state index is 0.0546. The summed E-state index contributed by atoms with van der Waals surface area (Å²) in [5.41, 5.74) is 14.6. The van der Waals surface area contributed by atoms with Gasteiger partial charge in [-0.3, -0.25) is 9.48 Å². The number of hydrogen-bond acceptors (Lipinski definition) is 9. The van der Waals surface area contributed by atoms with E-state index < -0.39 is 0 Å². The lowest BCUT2D eigenvalue weighted by molar-refractivity contribution is 0.0272. The van der Waals surface area contributed by atoms with Crippen LogP contribution in [-0.4, -0.2) is 94.9 Å². The monoisotopic (exact) mass is 691 g/mol. The Bertz CT molecular complexity index is 1850. The van der Waals surface area contributed by atoms with E-state index in [0.717, 1.165) is 94.6 Å². The number of carbonyl (C=O) groups excluding carboxylic acids is 1. The maximum atomic E-state index is 13.4. The van der Waals surface area contributed by atoms with Crippen molar-refractivity contribution in [2.24, 2.45) is 7.05 Å². The summed E-state index contributed by atoms with van der Waals surface area (Å²) in [4.78, 5) is 22.7. The molecule has 1 amide bonds. The normalized spacial score (nSPS) is 23.7. The fourth-order valence-corrected chi connectivity index (χ4v) is 8.67. The molecule has 4 aliphatic rings. The predicted octanol–water partition coefficient (Wildman–Crippen LogP) is 4.53. The van der Waals surface area contributed by atoms with Crippen LogP contribution in [0.2, 0.25) is 0 Å². The first kappa shape index (κ1) is 33.8. The molecular weight excluding hydrogens is 642 g/mol. The Morgan fingerprint density at radius 2 is 1.86 bits per heavy atom. The number of fused-ring (bicyclic) bond motifs is 2. The molecule has 0 radical (unpaired) electrons. The molecule has 11 nitrogen and oxygen atoms in total. The van der Waals surface area contributed by atoms with Gasteiger partial charge in [0.25, 0.3) is 5.91 Å². The zero-order valence-electron chi connectivity index (χ0n) is 29.5. The van der Waals surface area contributed by atoms with E-state index in [0.29, 0.717) is 18.2 Å². The molecule has 8 rings (SSSR count). The Morgan fingerprint density at radius 1 is 1.04 bits per heavy atom. The summed E-state index contributed by atoms with van der Waals surface area (Å²) < 4.78 is 14.2. The molecular formula is C40H49N7O4. The number of aliphatic hydroxyl groups is 1. The zero-order valence-corrected chi connectivity index (χ0v) is 29.5. The number of pyridine rings is 1. The Balaban J connectivity index is 0.911. The number of likely N-dealkylation sites (tertiary alicyclic amines) is 1. The number of β-amino-alcohol motifs (C(OH)–C–C–N with tert-alkyl or cyclic N) is 1. The number of aromatic nitrogens is 3. The van der Waals surface area contributed by atoms with Gasteiger partial charge in [-0.05, 0) is 79.0 Å². The lowest BCUT2D eigenvalue weighted by Crippen LogP contribution is -2.47. The highest BCUT2D eigenvalue weighted by molar-refractivity contribution is 5.99. The summed E-state index contributed by atoms with van der Waals surface area (Å²) in [5.74, 6) is -0.0267. The van der Waals surface area contributed by atoms with E-state index in [9.17, 15) is 9.90 Å². The number of rotatable bonds is 10. The van der Waals surface area contributed by atoms with Crippen LogP contribution in [0.1, 0.15) is 60.0 Å². The molecule has 2 aromatic carbocycles. The summed E-state index contributed by atoms with van der Waals surface area (Å²) in [6, 6.07) is 17.9. The van der Waals surface area contributed by atoms with Crippen molar-refractivity contribution in [3.63, 3.8) is 0 Å². The lowest BCUT2D eigenvalue weighted by Gasteiger charge is -2.38. The van der Waals surface area contributed by atoms with Crippen LogP contribution in [0.25, 0.3) is 22.3 Å². The number of nitrogens with one attached hydrogen (secondary N) is 1. The van der Waals surface area contributed by atoms with Gasteiger partial charge in [0.1, 0.15) is 5.82 Å². The van der Waals surface area contributed by atoms with Crippen molar-refractivity contribution in [2.75, 3.05) is 56.6 Å². The molecule has 4 aromatic rings. The maximum absolute atomic E-state index is 13.4. The Morgan fingerprint density at radius 3 is 2.61 bits per heavy atom. The minimum atomic E-state index is -0.234. The first-order chi connectivity index (χ1) is 24.9. The van der Waals surface area contributed by atoms with Crippen LogP contribution in [0.15, 0.2) is 67.1 Å². The largest absolute Gasteiger partial charge is 0.395 e. The molecule has 1 unspecified atom stereocenters. The lowest BCUT2D eigenvalue weighted by atomic mass is 9.81. The molecule has 11 heteroatoms. The van der Waals surface area contributed by atoms with Gasteiger partial charge in [-0.15, -0.1) is 0 Å². The quantitative estimate of drug-likeness (QED) is 0.220. The Hall–Kier alpha value is -4.29. The molecule has 2 saturated heterocycles. The van der Waals surface area contributed by atoms with Gasteiger partial charge in [-0.1, -0.05) is 30.3 Å². The van der Waals surface area contributed by atoms with Crippen LogP contribution >= 0.6 is 0 Å². The number of anilines is 2. The van der Waals surface area contributed by atoms with E-state index in [4.69, 9.17) is 15.2 Å². The van der Waals surface area contributed by atoms with Crippen LogP contribution in [0, 0.1) is 0 Å². The van der Waals surface area contributed by atoms with Crippen LogP contribution in [0.5, 0.6) is 0 Å². The van der Waals surface area contributed by atoms with E-state index in [1.54, 1.807) is 23.1 Å². The van der Waals surface area contributed by atoms with Gasteiger partial charge in [-0.2, -0.15) is 5.10 Å². The third-order valence-electron chi connectivity index (χ3n) is 11.6. The van der Waals surface area contributed by atoms with Gasteiger partial charge in [0, 0.05) is 80.5 Å². The molecule has 2 aromatic heterocycles. The fraction of sp³-hybridized carbons (Fsp3) is 0.475. The standard InChI is InChI=1S/C40H49N7O4/c1-45-23-31(22-43-45)30-19-33(38(41)42-21-30)39(49)44-35-3-2-4-37(35)51-24-27-5-7-28(8-6-27)29-9-10-36-34(20-29)40(13-18-50-26-40)25-47(36)32-11-14-46(15-12-32)16-17-48/h5-10,19-23,32,35,37,48H,2-4,11-18,24-26H2,1H3,(H2,41,42)(H,44,49)/t35-,37-,40?/m0/s1. The van der Waals surface area contributed by atoms with Crippen LogP contribution in [0.3, 0.4) is 0 Å². The molecule has 0 bridgehead atoms. The third-order valence-corrected chi connectivity index (χ3v) is 11.6. The number of aliphatic hydroxyl groups excluding tert-OH is 1. The maximum Gasteiger partial charge on any atom is 0.255 e. The number of piperidine rings is 1. The van der Waals surface area contributed by atoms with E-state index in [2.05, 4.69) is 67.7 Å². The molecule has 3 atom stereocenters. The minimum Gasteiger partial charge on any atom is -0.395 e. The number of nitrogen functional groups attached to an aromatic ring is 1. The highest BCUT2D eigenvalue weighted by atomic mass is 16.5. The molecule has 1 aliphatic carbocycles. The average molecular weight is 692 g/mol. The van der Waals surface area contributed by atoms with Crippen molar-refractivity contribution in [2.45, 2.75) is 68.7 Å². The molecule has 5 heterocycles. The van der Waals surface area contributed by atoms with E-state index in [-0.39, 0.29) is 35.9 Å². The first-order valence-corrected chi connectivity index (χ1v) is 18.5. The number of carbonyl (C=O) groups is 1. The molecule has 3 aliphatic heterocycles. The summed E-state index contributed by atoms with van der Waals surface area (Å²) in [6.07, 6.45) is 11.3. The molecule has 268 valence electrons. The van der Waals surface area contributed by atoms with Crippen molar-refractivity contribution in [3.05, 3.63) is 83.8 Å². The summed E-state index contributed by atoms with van der Waals surface area (Å²) in [6.45, 7) is 6.19. The SMILES string of the molecule is Cn1cc(-c2cnc(N)c(C(=O)N[C@H]3CCC[C@@H]3OCc3ccc(-c4ccc5c(c4)C4(CCOC4)CN5C4CCN(CCO)CC4)cc3)c2)cn1. The number of benzene rings is 2. The number of ether oxygens (including phenoxy) is 2. The van der Waals surface area contributed by atoms with Crippen molar-refractivity contribution < 1.29 is 19.4 Å². The van der Waals surface area contributed by atoms with Gasteiger partial charge < -0.3 is 35.4 Å². The van der Waals surface area contributed by atoms with Gasteiger partial charge in [0.05, 0.1) is 43.7 Å². The highest BCUT2D eigenvalue weighted by Crippen LogP contribution is 2.48. The van der Waals surface area contributed by atoms with Crippen molar-refractivity contribution in [3.8, 4) is 22.3 Å². The first-order valence-electron chi connectivity index (χ1n) is 18.5. The second-order valence-electron chi connectivity index (χ2n) is 14.9. The van der Waals surface area contributed by atoms with Gasteiger partial charge in [0.2, 0.25) is 0 Å². The topological polar surface area (TPSA) is 131 Å². The molecule has 1 saturated carbocycles. The van der Waals surface area contributed by atoms with Crippen LogP contribution in [-0.2, 0) is 28.5 Å².